The Morgan fingerprint density at radius 1 is 0.839 bits per heavy atom. The fourth-order valence-corrected chi connectivity index (χ4v) is 5.09. The third-order valence-corrected chi connectivity index (χ3v) is 6.69. The van der Waals surface area contributed by atoms with Crippen molar-refractivity contribution in [3.05, 3.63) is 108 Å². The van der Waals surface area contributed by atoms with Gasteiger partial charge in [0.25, 0.3) is 0 Å². The molecule has 0 spiro atoms. The summed E-state index contributed by atoms with van der Waals surface area (Å²) in [6, 6.07) is 29.8. The van der Waals surface area contributed by atoms with Gasteiger partial charge in [-0.1, -0.05) is 91.0 Å². The van der Waals surface area contributed by atoms with Gasteiger partial charge in [0.1, 0.15) is 6.04 Å². The molecule has 0 fully saturated rings. The molecule has 2 N–H and O–H groups in total. The SMILES string of the molecule is CNC(=O)C(CSC(c1ccccc1)(c1ccccc1)c1ccccc1)NC(=O)OC. The third kappa shape index (κ3) is 5.09. The van der Waals surface area contributed by atoms with E-state index in [0.29, 0.717) is 5.75 Å². The Morgan fingerprint density at radius 3 is 1.61 bits per heavy atom. The maximum Gasteiger partial charge on any atom is 0.407 e. The van der Waals surface area contributed by atoms with Crippen LogP contribution in [0.4, 0.5) is 4.79 Å². The maximum absolute atomic E-state index is 12.5. The van der Waals surface area contributed by atoms with Crippen LogP contribution in [0.2, 0.25) is 0 Å². The fraction of sp³-hybridized carbons (Fsp3) is 0.200. The van der Waals surface area contributed by atoms with Gasteiger partial charge in [0.05, 0.1) is 11.9 Å². The number of thioether (sulfide) groups is 1. The Balaban J connectivity index is 2.11. The first kappa shape index (κ1) is 22.4. The molecule has 0 bridgehead atoms. The number of hydrogen-bond donors (Lipinski definition) is 2. The standard InChI is InChI=1S/C25H26N2O3S/c1-26-23(28)22(27-24(29)30-2)18-31-25(19-12-6-3-7-13-19,20-14-8-4-9-15-20)21-16-10-5-11-17-21/h3-17,22H,18H2,1-2H3,(H,26,28)(H,27,29). The largest absolute Gasteiger partial charge is 0.453 e. The molecule has 160 valence electrons. The molecule has 0 aliphatic rings. The molecule has 0 saturated heterocycles. The summed E-state index contributed by atoms with van der Waals surface area (Å²) in [7, 11) is 2.84. The van der Waals surface area contributed by atoms with Crippen LogP contribution in [0.15, 0.2) is 91.0 Å². The molecule has 0 radical (unpaired) electrons. The summed E-state index contributed by atoms with van der Waals surface area (Å²) in [5.41, 5.74) is 3.27. The second kappa shape index (κ2) is 10.7. The normalized spacial score (nSPS) is 11.9. The van der Waals surface area contributed by atoms with Crippen LogP contribution in [0.5, 0.6) is 0 Å². The average molecular weight is 435 g/mol. The second-order valence-electron chi connectivity index (χ2n) is 6.89. The molecule has 1 atom stereocenters. The van der Waals surface area contributed by atoms with Gasteiger partial charge in [0, 0.05) is 12.8 Å². The van der Waals surface area contributed by atoms with Gasteiger partial charge in [-0.2, -0.15) is 0 Å². The second-order valence-corrected chi connectivity index (χ2v) is 8.13. The van der Waals surface area contributed by atoms with Crippen molar-refractivity contribution in [3.63, 3.8) is 0 Å². The molecule has 0 aromatic heterocycles. The zero-order valence-corrected chi connectivity index (χ0v) is 18.4. The Hall–Kier alpha value is -3.25. The van der Waals surface area contributed by atoms with Crippen LogP contribution >= 0.6 is 11.8 Å². The van der Waals surface area contributed by atoms with E-state index in [1.54, 1.807) is 18.8 Å². The lowest BCUT2D eigenvalue weighted by molar-refractivity contribution is -0.122. The van der Waals surface area contributed by atoms with Crippen molar-refractivity contribution in [1.82, 2.24) is 10.6 Å². The third-order valence-electron chi connectivity index (χ3n) is 5.05. The highest BCUT2D eigenvalue weighted by Crippen LogP contribution is 2.48. The number of nitrogens with one attached hydrogen (secondary N) is 2. The van der Waals surface area contributed by atoms with E-state index in [4.69, 9.17) is 4.74 Å². The van der Waals surface area contributed by atoms with E-state index >= 15 is 0 Å². The highest BCUT2D eigenvalue weighted by Gasteiger charge is 2.38. The van der Waals surface area contributed by atoms with E-state index < -0.39 is 16.9 Å². The number of alkyl carbamates (subject to hydrolysis) is 1. The van der Waals surface area contributed by atoms with Crippen LogP contribution in [0.3, 0.4) is 0 Å². The number of ether oxygens (including phenoxy) is 1. The minimum atomic E-state index is -0.752. The Morgan fingerprint density at radius 2 is 1.26 bits per heavy atom. The Bertz CT molecular complexity index is 885. The van der Waals surface area contributed by atoms with Crippen LogP contribution in [-0.2, 0) is 14.3 Å². The zero-order chi connectivity index (χ0) is 22.1. The monoisotopic (exact) mass is 434 g/mol. The molecule has 1 unspecified atom stereocenters. The maximum atomic E-state index is 12.5. The van der Waals surface area contributed by atoms with Crippen molar-refractivity contribution in [2.75, 3.05) is 19.9 Å². The summed E-state index contributed by atoms with van der Waals surface area (Å²) in [6.07, 6.45) is -0.640. The van der Waals surface area contributed by atoms with Crippen LogP contribution in [0, 0.1) is 0 Å². The molecule has 31 heavy (non-hydrogen) atoms. The van der Waals surface area contributed by atoms with Crippen molar-refractivity contribution in [1.29, 1.82) is 0 Å². The number of methoxy groups -OCH3 is 1. The number of amides is 2. The van der Waals surface area contributed by atoms with Crippen LogP contribution in [0.25, 0.3) is 0 Å². The summed E-state index contributed by atoms with van der Waals surface area (Å²) in [4.78, 5) is 24.3. The van der Waals surface area contributed by atoms with E-state index in [2.05, 4.69) is 47.0 Å². The summed E-state index contributed by atoms with van der Waals surface area (Å²) in [5, 5.41) is 5.28. The molecule has 6 heteroatoms. The predicted molar refractivity (Wildman–Crippen MR) is 125 cm³/mol. The van der Waals surface area contributed by atoms with E-state index in [1.165, 1.54) is 7.11 Å². The molecule has 3 rings (SSSR count). The molecule has 3 aromatic rings. The van der Waals surface area contributed by atoms with Gasteiger partial charge >= 0.3 is 6.09 Å². The number of benzene rings is 3. The number of carbonyl (C=O) groups is 2. The van der Waals surface area contributed by atoms with E-state index in [9.17, 15) is 9.59 Å². The summed E-state index contributed by atoms with van der Waals surface area (Å²) < 4.78 is 4.15. The van der Waals surface area contributed by atoms with E-state index in [1.807, 2.05) is 54.6 Å². The lowest BCUT2D eigenvalue weighted by atomic mass is 9.84. The minimum Gasteiger partial charge on any atom is -0.453 e. The first-order chi connectivity index (χ1) is 15.1. The molecular weight excluding hydrogens is 408 g/mol. The highest BCUT2D eigenvalue weighted by molar-refractivity contribution is 8.00. The number of rotatable bonds is 8. The van der Waals surface area contributed by atoms with Gasteiger partial charge in [0.2, 0.25) is 5.91 Å². The topological polar surface area (TPSA) is 67.4 Å². The molecule has 5 nitrogen and oxygen atoms in total. The van der Waals surface area contributed by atoms with Gasteiger partial charge in [-0.15, -0.1) is 11.8 Å². The Labute approximate surface area is 187 Å². The fourth-order valence-electron chi connectivity index (χ4n) is 3.54. The molecule has 3 aromatic carbocycles. The molecule has 0 aliphatic carbocycles. The van der Waals surface area contributed by atoms with Crippen LogP contribution < -0.4 is 10.6 Å². The van der Waals surface area contributed by atoms with Gasteiger partial charge < -0.3 is 15.4 Å². The highest BCUT2D eigenvalue weighted by atomic mass is 32.2. The van der Waals surface area contributed by atoms with Crippen molar-refractivity contribution in [3.8, 4) is 0 Å². The van der Waals surface area contributed by atoms with Crippen molar-refractivity contribution in [2.24, 2.45) is 0 Å². The number of likely N-dealkylation sites (N-methyl/N-ethyl adjacent to an activating group) is 1. The predicted octanol–water partition coefficient (Wildman–Crippen LogP) is 4.18. The van der Waals surface area contributed by atoms with E-state index in [-0.39, 0.29) is 5.91 Å². The molecule has 0 heterocycles. The lowest BCUT2D eigenvalue weighted by Gasteiger charge is -2.36. The molecule has 2 amide bonds. The van der Waals surface area contributed by atoms with Crippen LogP contribution in [-0.4, -0.2) is 38.0 Å². The van der Waals surface area contributed by atoms with Gasteiger partial charge in [0.15, 0.2) is 0 Å². The lowest BCUT2D eigenvalue weighted by Crippen LogP contribution is -2.48. The summed E-state index contributed by atoms with van der Waals surface area (Å²) >= 11 is 1.60. The van der Waals surface area contributed by atoms with E-state index in [0.717, 1.165) is 16.7 Å². The Kier molecular flexibility index (Phi) is 7.73. The van der Waals surface area contributed by atoms with Crippen LogP contribution in [0.1, 0.15) is 16.7 Å². The minimum absolute atomic E-state index is 0.277. The first-order valence-corrected chi connectivity index (χ1v) is 11.0. The van der Waals surface area contributed by atoms with Crippen molar-refractivity contribution >= 4 is 23.8 Å². The molecular formula is C25H26N2O3S. The van der Waals surface area contributed by atoms with Gasteiger partial charge in [-0.3, -0.25) is 4.79 Å². The molecule has 0 saturated carbocycles. The smallest absolute Gasteiger partial charge is 0.407 e. The van der Waals surface area contributed by atoms with Crippen molar-refractivity contribution in [2.45, 2.75) is 10.8 Å². The average Bonchev–Trinajstić information content (AvgIpc) is 2.85. The zero-order valence-electron chi connectivity index (χ0n) is 17.6. The summed E-state index contributed by atoms with van der Waals surface area (Å²) in [5.74, 6) is 0.0639. The number of hydrogen-bond acceptors (Lipinski definition) is 4. The first-order valence-electron chi connectivity index (χ1n) is 9.98. The quantitative estimate of drug-likeness (QED) is 0.522. The number of carbonyl (C=O) groups excluding carboxylic acids is 2. The summed E-state index contributed by atoms with van der Waals surface area (Å²) in [6.45, 7) is 0. The van der Waals surface area contributed by atoms with Gasteiger partial charge in [-0.25, -0.2) is 4.79 Å². The molecule has 0 aliphatic heterocycles. The van der Waals surface area contributed by atoms with Gasteiger partial charge in [-0.05, 0) is 16.7 Å². The van der Waals surface area contributed by atoms with Crippen molar-refractivity contribution < 1.29 is 14.3 Å².